The van der Waals surface area contributed by atoms with E-state index in [-0.39, 0.29) is 0 Å². The van der Waals surface area contributed by atoms with Crippen molar-refractivity contribution in [2.75, 3.05) is 0 Å². The molecule has 136 valence electrons. The minimum Gasteiger partial charge on any atom is -0.249 e. The quantitative estimate of drug-likeness (QED) is 0.577. The van der Waals surface area contributed by atoms with Crippen LogP contribution >= 0.6 is 0 Å². The summed E-state index contributed by atoms with van der Waals surface area (Å²) in [5.74, 6) is 7.99. The summed E-state index contributed by atoms with van der Waals surface area (Å²) in [6, 6.07) is 0. The SMILES string of the molecule is C#CC1=C(C#C)C2=C(C#C)C3=NC(=CC4=NC(=CC5=NC(=CC1=N2)C=C5)C=C4)C=C3. The summed E-state index contributed by atoms with van der Waals surface area (Å²) < 4.78 is 0. The molecule has 5 aliphatic rings. The maximum atomic E-state index is 5.83. The second-order valence-electron chi connectivity index (χ2n) is 6.68. The van der Waals surface area contributed by atoms with E-state index in [9.17, 15) is 0 Å². The fourth-order valence-electron chi connectivity index (χ4n) is 3.47. The van der Waals surface area contributed by atoms with Gasteiger partial charge in [0, 0.05) is 0 Å². The summed E-state index contributed by atoms with van der Waals surface area (Å²) in [5.41, 5.74) is 6.97. The second kappa shape index (κ2) is 6.71. The van der Waals surface area contributed by atoms with Crippen molar-refractivity contribution in [1.82, 2.24) is 0 Å². The fraction of sp³-hybridized carbons (Fsp3) is 0. The van der Waals surface area contributed by atoms with E-state index in [0.717, 1.165) is 22.8 Å². The molecule has 4 heteroatoms. The fourth-order valence-corrected chi connectivity index (χ4v) is 3.47. The molecule has 8 bridgehead atoms. The average Bonchev–Trinajstić information content (AvgIpc) is 3.52. The lowest BCUT2D eigenvalue weighted by Crippen LogP contribution is -2.00. The van der Waals surface area contributed by atoms with Crippen molar-refractivity contribution in [1.29, 1.82) is 0 Å². The Kier molecular flexibility index (Phi) is 3.89. The van der Waals surface area contributed by atoms with Crippen LogP contribution in [0.5, 0.6) is 0 Å². The Morgan fingerprint density at radius 1 is 0.500 bits per heavy atom. The molecule has 0 atom stereocenters. The minimum absolute atomic E-state index is 0.475. The first-order valence-electron chi connectivity index (χ1n) is 9.12. The van der Waals surface area contributed by atoms with E-state index in [1.807, 2.05) is 48.6 Å². The molecule has 0 spiro atoms. The monoisotopic (exact) mass is 380 g/mol. The topological polar surface area (TPSA) is 49.4 Å². The molecule has 0 saturated heterocycles. The predicted molar refractivity (Wildman–Crippen MR) is 122 cm³/mol. The Morgan fingerprint density at radius 2 is 1.07 bits per heavy atom. The molecule has 0 aliphatic carbocycles. The van der Waals surface area contributed by atoms with Gasteiger partial charge in [-0.25, -0.2) is 20.0 Å². The molecule has 0 unspecified atom stereocenters. The Hall–Kier alpha value is -4.72. The normalized spacial score (nSPS) is 20.6. The summed E-state index contributed by atoms with van der Waals surface area (Å²) >= 11 is 0. The first kappa shape index (κ1) is 17.4. The van der Waals surface area contributed by atoms with Crippen LogP contribution in [0.2, 0.25) is 0 Å². The summed E-state index contributed by atoms with van der Waals surface area (Å²) in [6.45, 7) is 0. The average molecular weight is 380 g/mol. The van der Waals surface area contributed by atoms with E-state index >= 15 is 0 Å². The largest absolute Gasteiger partial charge is 0.249 e. The zero-order valence-corrected chi connectivity index (χ0v) is 15.7. The van der Waals surface area contributed by atoms with Crippen LogP contribution in [0.4, 0.5) is 0 Å². The highest BCUT2D eigenvalue weighted by molar-refractivity contribution is 6.21. The van der Waals surface area contributed by atoms with E-state index in [0.29, 0.717) is 39.5 Å². The van der Waals surface area contributed by atoms with Gasteiger partial charge in [-0.3, -0.25) is 0 Å². The van der Waals surface area contributed by atoms with Crippen LogP contribution in [0.25, 0.3) is 0 Å². The van der Waals surface area contributed by atoms with Gasteiger partial charge >= 0.3 is 0 Å². The highest BCUT2D eigenvalue weighted by atomic mass is 14.9. The number of rotatable bonds is 0. The lowest BCUT2D eigenvalue weighted by Gasteiger charge is -2.02. The number of terminal acetylenes is 3. The van der Waals surface area contributed by atoms with Crippen molar-refractivity contribution >= 4 is 22.8 Å². The van der Waals surface area contributed by atoms with Crippen LogP contribution in [0.1, 0.15) is 0 Å². The van der Waals surface area contributed by atoms with E-state index in [1.165, 1.54) is 0 Å². The highest BCUT2D eigenvalue weighted by Gasteiger charge is 2.26. The minimum atomic E-state index is 0.475. The highest BCUT2D eigenvalue weighted by Crippen LogP contribution is 2.31. The number of aliphatic imine (C=N–C) groups is 4. The lowest BCUT2D eigenvalue weighted by molar-refractivity contribution is 1.37. The van der Waals surface area contributed by atoms with E-state index in [1.54, 1.807) is 6.08 Å². The molecule has 0 amide bonds. The first-order chi connectivity index (χ1) is 14.7. The van der Waals surface area contributed by atoms with Crippen molar-refractivity contribution in [2.45, 2.75) is 0 Å². The van der Waals surface area contributed by atoms with Crippen LogP contribution in [0, 0.1) is 37.0 Å². The van der Waals surface area contributed by atoms with Gasteiger partial charge in [0.1, 0.15) is 0 Å². The van der Waals surface area contributed by atoms with Crippen LogP contribution in [-0.4, -0.2) is 22.8 Å². The molecule has 30 heavy (non-hydrogen) atoms. The van der Waals surface area contributed by atoms with E-state index in [4.69, 9.17) is 19.3 Å². The molecule has 5 rings (SSSR count). The smallest absolute Gasteiger partial charge is 0.0985 e. The molecule has 0 aromatic carbocycles. The van der Waals surface area contributed by atoms with Crippen molar-refractivity contribution < 1.29 is 0 Å². The number of allylic oxidation sites excluding steroid dienone is 12. The number of hydrogen-bond acceptors (Lipinski definition) is 4. The molecule has 0 N–H and O–H groups in total. The molecule has 0 aromatic heterocycles. The Balaban J connectivity index is 1.79. The molecule has 0 aromatic rings. The Bertz CT molecular complexity index is 1430. The predicted octanol–water partition coefficient (Wildman–Crippen LogP) is 3.59. The molecule has 0 saturated carbocycles. The summed E-state index contributed by atoms with van der Waals surface area (Å²) in [7, 11) is 0. The standard InChI is InChI=1S/C26H12N4/c1-4-21-22(5-2)26-23(6-3)24-12-11-19(29-24)14-18-8-7-16(27-18)13-17-9-10-20(28-17)15-25(21)30-26/h1-3,7-15H. The summed E-state index contributed by atoms with van der Waals surface area (Å²) in [6.07, 6.45) is 34.4. The van der Waals surface area contributed by atoms with Crippen LogP contribution in [0.3, 0.4) is 0 Å². The van der Waals surface area contributed by atoms with Gasteiger partial charge in [0.25, 0.3) is 0 Å². The van der Waals surface area contributed by atoms with Gasteiger partial charge in [0.15, 0.2) is 0 Å². The Morgan fingerprint density at radius 3 is 1.70 bits per heavy atom. The van der Waals surface area contributed by atoms with Gasteiger partial charge in [-0.15, -0.1) is 19.3 Å². The van der Waals surface area contributed by atoms with Crippen molar-refractivity contribution in [3.63, 3.8) is 0 Å². The third-order valence-corrected chi connectivity index (χ3v) is 4.80. The van der Waals surface area contributed by atoms with E-state index < -0.39 is 0 Å². The van der Waals surface area contributed by atoms with Gasteiger partial charge in [-0.1, -0.05) is 17.8 Å². The molecular weight excluding hydrogens is 368 g/mol. The number of nitrogens with zero attached hydrogens (tertiary/aromatic N) is 4. The molecule has 0 fully saturated rings. The molecular formula is C26H12N4. The van der Waals surface area contributed by atoms with Gasteiger partial charge in [-0.2, -0.15) is 0 Å². The van der Waals surface area contributed by atoms with Crippen LogP contribution < -0.4 is 0 Å². The lowest BCUT2D eigenvalue weighted by atomic mass is 10.0. The zero-order valence-electron chi connectivity index (χ0n) is 15.7. The number of hydrogen-bond donors (Lipinski definition) is 0. The zero-order chi connectivity index (χ0) is 20.7. The van der Waals surface area contributed by atoms with Gasteiger partial charge < -0.3 is 0 Å². The van der Waals surface area contributed by atoms with Crippen molar-refractivity contribution in [3.8, 4) is 37.0 Å². The van der Waals surface area contributed by atoms with Gasteiger partial charge in [0.05, 0.1) is 62.4 Å². The number of fused-ring (bicyclic) bond motifs is 4. The van der Waals surface area contributed by atoms with E-state index in [2.05, 4.69) is 37.7 Å². The summed E-state index contributed by atoms with van der Waals surface area (Å²) in [5, 5.41) is 0. The molecule has 5 aliphatic heterocycles. The first-order valence-corrected chi connectivity index (χ1v) is 9.12. The molecule has 0 radical (unpaired) electrons. The van der Waals surface area contributed by atoms with Gasteiger partial charge in [-0.05, 0) is 54.7 Å². The third-order valence-electron chi connectivity index (χ3n) is 4.80. The maximum absolute atomic E-state index is 5.83. The third kappa shape index (κ3) is 2.80. The van der Waals surface area contributed by atoms with Crippen LogP contribution in [0.15, 0.2) is 114 Å². The molecule has 5 heterocycles. The van der Waals surface area contributed by atoms with Crippen molar-refractivity contribution in [3.05, 3.63) is 94.2 Å². The van der Waals surface area contributed by atoms with Crippen molar-refractivity contribution in [2.24, 2.45) is 20.0 Å². The summed E-state index contributed by atoms with van der Waals surface area (Å²) in [4.78, 5) is 18.5. The van der Waals surface area contributed by atoms with Crippen LogP contribution in [-0.2, 0) is 0 Å². The maximum Gasteiger partial charge on any atom is 0.0985 e. The molecule has 4 nitrogen and oxygen atoms in total. The Labute approximate surface area is 174 Å². The van der Waals surface area contributed by atoms with Gasteiger partial charge in [0.2, 0.25) is 0 Å². The second-order valence-corrected chi connectivity index (χ2v) is 6.68.